The third-order valence-corrected chi connectivity index (χ3v) is 5.72. The Morgan fingerprint density at radius 1 is 1.36 bits per heavy atom. The number of carbonyl (C=O) groups excluding carboxylic acids is 1. The summed E-state index contributed by atoms with van der Waals surface area (Å²) in [5, 5.41) is 3.13. The second-order valence-electron chi connectivity index (χ2n) is 5.65. The van der Waals surface area contributed by atoms with Gasteiger partial charge < -0.3 is 10.2 Å². The highest BCUT2D eigenvalue weighted by Crippen LogP contribution is 2.16. The second kappa shape index (κ2) is 7.33. The van der Waals surface area contributed by atoms with E-state index in [-0.39, 0.29) is 6.03 Å². The van der Waals surface area contributed by atoms with Crippen LogP contribution in [0.25, 0.3) is 0 Å². The molecule has 0 aliphatic carbocycles. The zero-order chi connectivity index (χ0) is 16.2. The second-order valence-corrected chi connectivity index (χ2v) is 8.41. The third-order valence-electron chi connectivity index (χ3n) is 3.87. The molecule has 2 amide bonds. The minimum atomic E-state index is -3.07. The first-order valence-corrected chi connectivity index (χ1v) is 9.65. The minimum Gasteiger partial charge on any atom is -0.338 e. The lowest BCUT2D eigenvalue weighted by molar-refractivity contribution is 0.209. The summed E-state index contributed by atoms with van der Waals surface area (Å²) in [5.74, 6) is 0. The van der Waals surface area contributed by atoms with E-state index in [4.69, 9.17) is 11.6 Å². The summed E-state index contributed by atoms with van der Waals surface area (Å²) in [4.78, 5) is 13.6. The topological polar surface area (TPSA) is 66.5 Å². The Labute approximate surface area is 136 Å². The van der Waals surface area contributed by atoms with E-state index in [1.807, 2.05) is 24.3 Å². The van der Waals surface area contributed by atoms with Crippen LogP contribution < -0.4 is 5.32 Å². The van der Waals surface area contributed by atoms with Crippen LogP contribution in [0, 0.1) is 0 Å². The number of nitrogens with one attached hydrogen (secondary N) is 1. The molecule has 1 fully saturated rings. The molecule has 7 heteroatoms. The van der Waals surface area contributed by atoms with Crippen molar-refractivity contribution in [2.45, 2.75) is 24.5 Å². The van der Waals surface area contributed by atoms with Crippen LogP contribution in [0.2, 0.25) is 5.02 Å². The summed E-state index contributed by atoms with van der Waals surface area (Å²) < 4.78 is 23.0. The van der Waals surface area contributed by atoms with Crippen molar-refractivity contribution in [3.63, 3.8) is 0 Å². The monoisotopic (exact) mass is 344 g/mol. The normalized spacial score (nSPS) is 18.5. The maximum Gasteiger partial charge on any atom is 0.317 e. The zero-order valence-electron chi connectivity index (χ0n) is 12.6. The van der Waals surface area contributed by atoms with Gasteiger partial charge in [0.05, 0.1) is 5.25 Å². The SMILES string of the molecule is CS(=O)(=O)C1CCN(C(=O)NCCCc2ccc(Cl)cc2)C1. The van der Waals surface area contributed by atoms with Gasteiger partial charge in [0.2, 0.25) is 0 Å². The maximum absolute atomic E-state index is 12.0. The molecule has 0 spiro atoms. The molecule has 1 saturated heterocycles. The van der Waals surface area contributed by atoms with Crippen molar-refractivity contribution < 1.29 is 13.2 Å². The molecule has 0 aromatic heterocycles. The molecule has 0 saturated carbocycles. The van der Waals surface area contributed by atoms with E-state index in [2.05, 4.69) is 5.32 Å². The highest BCUT2D eigenvalue weighted by atomic mass is 35.5. The number of rotatable bonds is 5. The van der Waals surface area contributed by atoms with Gasteiger partial charge >= 0.3 is 6.03 Å². The molecule has 1 N–H and O–H groups in total. The summed E-state index contributed by atoms with van der Waals surface area (Å²) in [6.07, 6.45) is 3.45. The Morgan fingerprint density at radius 2 is 2.05 bits per heavy atom. The molecule has 1 aliphatic heterocycles. The summed E-state index contributed by atoms with van der Waals surface area (Å²) in [6, 6.07) is 7.47. The highest BCUT2D eigenvalue weighted by Gasteiger charge is 2.32. The van der Waals surface area contributed by atoms with Gasteiger partial charge in [-0.05, 0) is 37.0 Å². The number of amides is 2. The molecule has 22 heavy (non-hydrogen) atoms. The lowest BCUT2D eigenvalue weighted by atomic mass is 10.1. The van der Waals surface area contributed by atoms with Gasteiger partial charge in [-0.3, -0.25) is 0 Å². The first-order valence-electron chi connectivity index (χ1n) is 7.32. The van der Waals surface area contributed by atoms with Crippen molar-refractivity contribution >= 4 is 27.5 Å². The number of aryl methyl sites for hydroxylation is 1. The van der Waals surface area contributed by atoms with Crippen molar-refractivity contribution in [2.75, 3.05) is 25.9 Å². The van der Waals surface area contributed by atoms with E-state index in [1.54, 1.807) is 4.90 Å². The van der Waals surface area contributed by atoms with Gasteiger partial charge in [-0.2, -0.15) is 0 Å². The Morgan fingerprint density at radius 3 is 2.64 bits per heavy atom. The van der Waals surface area contributed by atoms with Crippen LogP contribution in [0.3, 0.4) is 0 Å². The highest BCUT2D eigenvalue weighted by molar-refractivity contribution is 7.91. The Hall–Kier alpha value is -1.27. The van der Waals surface area contributed by atoms with Crippen LogP contribution in [0.15, 0.2) is 24.3 Å². The van der Waals surface area contributed by atoms with E-state index in [0.29, 0.717) is 31.1 Å². The number of carbonyl (C=O) groups is 1. The van der Waals surface area contributed by atoms with Gasteiger partial charge in [0.1, 0.15) is 0 Å². The largest absolute Gasteiger partial charge is 0.338 e. The number of likely N-dealkylation sites (tertiary alicyclic amines) is 1. The predicted molar refractivity (Wildman–Crippen MR) is 88.0 cm³/mol. The van der Waals surface area contributed by atoms with Gasteiger partial charge in [0.15, 0.2) is 9.84 Å². The van der Waals surface area contributed by atoms with Gasteiger partial charge in [0, 0.05) is 30.9 Å². The number of sulfone groups is 1. The molecule has 1 aromatic rings. The number of benzene rings is 1. The van der Waals surface area contributed by atoms with E-state index in [9.17, 15) is 13.2 Å². The summed E-state index contributed by atoms with van der Waals surface area (Å²) in [6.45, 7) is 1.37. The number of hydrogen-bond donors (Lipinski definition) is 1. The first kappa shape index (κ1) is 17.1. The fourth-order valence-corrected chi connectivity index (χ4v) is 3.62. The smallest absolute Gasteiger partial charge is 0.317 e. The first-order chi connectivity index (χ1) is 10.4. The van der Waals surface area contributed by atoms with Gasteiger partial charge in [0.25, 0.3) is 0 Å². The average Bonchev–Trinajstić information content (AvgIpc) is 2.95. The van der Waals surface area contributed by atoms with E-state index in [0.717, 1.165) is 12.8 Å². The van der Waals surface area contributed by atoms with Crippen LogP contribution in [0.1, 0.15) is 18.4 Å². The Bertz CT molecular complexity index is 616. The molecule has 1 aliphatic rings. The molecule has 1 unspecified atom stereocenters. The fourth-order valence-electron chi connectivity index (χ4n) is 2.51. The van der Waals surface area contributed by atoms with Gasteiger partial charge in [-0.1, -0.05) is 23.7 Å². The number of urea groups is 1. The van der Waals surface area contributed by atoms with Crippen molar-refractivity contribution in [3.8, 4) is 0 Å². The van der Waals surface area contributed by atoms with Crippen molar-refractivity contribution in [2.24, 2.45) is 0 Å². The number of hydrogen-bond acceptors (Lipinski definition) is 3. The molecule has 1 heterocycles. The fraction of sp³-hybridized carbons (Fsp3) is 0.533. The summed E-state index contributed by atoms with van der Waals surface area (Å²) in [5.41, 5.74) is 1.18. The Kier molecular flexibility index (Phi) is 5.69. The van der Waals surface area contributed by atoms with Crippen LogP contribution >= 0.6 is 11.6 Å². The van der Waals surface area contributed by atoms with E-state index in [1.165, 1.54) is 11.8 Å². The molecule has 2 rings (SSSR count). The lowest BCUT2D eigenvalue weighted by Gasteiger charge is -2.17. The number of nitrogens with zero attached hydrogens (tertiary/aromatic N) is 1. The molecular weight excluding hydrogens is 324 g/mol. The summed E-state index contributed by atoms with van der Waals surface area (Å²) in [7, 11) is -3.07. The Balaban J connectivity index is 1.69. The van der Waals surface area contributed by atoms with Crippen molar-refractivity contribution in [1.29, 1.82) is 0 Å². The molecule has 1 aromatic carbocycles. The molecule has 1 atom stereocenters. The standard InChI is InChI=1S/C15H21ClN2O3S/c1-22(20,21)14-8-10-18(11-14)15(19)17-9-2-3-12-4-6-13(16)7-5-12/h4-7,14H,2-3,8-11H2,1H3,(H,17,19). The molecule has 0 radical (unpaired) electrons. The van der Waals surface area contributed by atoms with Crippen LogP contribution in [0.5, 0.6) is 0 Å². The van der Waals surface area contributed by atoms with Crippen LogP contribution in [-0.2, 0) is 16.3 Å². The number of halogens is 1. The van der Waals surface area contributed by atoms with Crippen LogP contribution in [0.4, 0.5) is 4.79 Å². The van der Waals surface area contributed by atoms with E-state index < -0.39 is 15.1 Å². The molecular formula is C15H21ClN2O3S. The van der Waals surface area contributed by atoms with Gasteiger partial charge in [-0.25, -0.2) is 13.2 Å². The quantitative estimate of drug-likeness (QED) is 0.832. The van der Waals surface area contributed by atoms with E-state index >= 15 is 0 Å². The molecule has 0 bridgehead atoms. The van der Waals surface area contributed by atoms with Crippen molar-refractivity contribution in [1.82, 2.24) is 10.2 Å². The molecule has 5 nitrogen and oxygen atoms in total. The summed E-state index contributed by atoms with van der Waals surface area (Å²) >= 11 is 5.83. The molecule has 122 valence electrons. The average molecular weight is 345 g/mol. The minimum absolute atomic E-state index is 0.178. The zero-order valence-corrected chi connectivity index (χ0v) is 14.2. The van der Waals surface area contributed by atoms with Crippen LogP contribution in [-0.4, -0.2) is 50.5 Å². The third kappa shape index (κ3) is 4.88. The lowest BCUT2D eigenvalue weighted by Crippen LogP contribution is -2.40. The maximum atomic E-state index is 12.0. The van der Waals surface area contributed by atoms with Crippen molar-refractivity contribution in [3.05, 3.63) is 34.9 Å². The van der Waals surface area contributed by atoms with Gasteiger partial charge in [-0.15, -0.1) is 0 Å². The predicted octanol–water partition coefficient (Wildman–Crippen LogP) is 2.10.